The predicted octanol–water partition coefficient (Wildman–Crippen LogP) is 3.08. The van der Waals surface area contributed by atoms with Crippen molar-refractivity contribution in [3.8, 4) is 17.2 Å². The highest BCUT2D eigenvalue weighted by atomic mass is 127. The van der Waals surface area contributed by atoms with Crippen molar-refractivity contribution in [1.82, 2.24) is 0 Å². The quantitative estimate of drug-likeness (QED) is 0.763. The molecule has 0 bridgehead atoms. The minimum absolute atomic E-state index is 0.599. The van der Waals surface area contributed by atoms with E-state index in [4.69, 9.17) is 14.2 Å². The van der Waals surface area contributed by atoms with E-state index in [9.17, 15) is 0 Å². The number of methoxy groups -OCH3 is 3. The van der Waals surface area contributed by atoms with Crippen LogP contribution in [0.2, 0.25) is 0 Å². The molecule has 0 atom stereocenters. The second-order valence-corrected chi connectivity index (χ2v) is 4.40. The molecule has 0 unspecified atom stereocenters. The van der Waals surface area contributed by atoms with Crippen LogP contribution in [-0.4, -0.2) is 21.3 Å². The summed E-state index contributed by atoms with van der Waals surface area (Å²) in [7, 11) is 4.78. The molecule has 0 aliphatic heterocycles. The molecule has 0 amide bonds. The molecule has 0 N–H and O–H groups in total. The summed E-state index contributed by atoms with van der Waals surface area (Å²) in [4.78, 5) is 0. The lowest BCUT2D eigenvalue weighted by atomic mass is 10.3. The third-order valence-electron chi connectivity index (χ3n) is 1.73. The maximum atomic E-state index is 5.23. The van der Waals surface area contributed by atoms with Crippen LogP contribution in [0.4, 0.5) is 0 Å². The molecule has 78 valence electrons. The standard InChI is InChI=1S/C9H10BrIO3/c1-12-6-4-5(11)7(10)9(14-3)8(6)13-2/h4H,1-3H3. The summed E-state index contributed by atoms with van der Waals surface area (Å²) < 4.78 is 17.5. The molecule has 1 rings (SSSR count). The van der Waals surface area contributed by atoms with Gasteiger partial charge >= 0.3 is 0 Å². The monoisotopic (exact) mass is 372 g/mol. The van der Waals surface area contributed by atoms with E-state index in [0.29, 0.717) is 17.2 Å². The minimum Gasteiger partial charge on any atom is -0.493 e. The molecule has 0 heterocycles. The van der Waals surface area contributed by atoms with Gasteiger partial charge in [-0.1, -0.05) is 0 Å². The maximum Gasteiger partial charge on any atom is 0.204 e. The van der Waals surface area contributed by atoms with E-state index >= 15 is 0 Å². The Bertz CT molecular complexity index is 341. The SMILES string of the molecule is COc1cc(I)c(Br)c(OC)c1OC. The van der Waals surface area contributed by atoms with Crippen LogP contribution >= 0.6 is 38.5 Å². The average Bonchev–Trinajstić information content (AvgIpc) is 2.20. The van der Waals surface area contributed by atoms with E-state index in [2.05, 4.69) is 38.5 Å². The van der Waals surface area contributed by atoms with Crippen molar-refractivity contribution in [1.29, 1.82) is 0 Å². The van der Waals surface area contributed by atoms with Crippen LogP contribution in [0.5, 0.6) is 17.2 Å². The highest BCUT2D eigenvalue weighted by Crippen LogP contribution is 2.44. The van der Waals surface area contributed by atoms with Gasteiger partial charge in [0.2, 0.25) is 5.75 Å². The van der Waals surface area contributed by atoms with Crippen LogP contribution < -0.4 is 14.2 Å². The highest BCUT2D eigenvalue weighted by Gasteiger charge is 2.17. The third kappa shape index (κ3) is 2.08. The summed E-state index contributed by atoms with van der Waals surface area (Å²) in [6.07, 6.45) is 0. The van der Waals surface area contributed by atoms with Crippen molar-refractivity contribution in [2.75, 3.05) is 21.3 Å². The van der Waals surface area contributed by atoms with Crippen LogP contribution in [0.1, 0.15) is 0 Å². The minimum atomic E-state index is 0.599. The second-order valence-electron chi connectivity index (χ2n) is 2.44. The molecule has 0 aromatic heterocycles. The van der Waals surface area contributed by atoms with Crippen molar-refractivity contribution < 1.29 is 14.2 Å². The van der Waals surface area contributed by atoms with Gasteiger partial charge in [-0.05, 0) is 44.6 Å². The van der Waals surface area contributed by atoms with E-state index in [1.165, 1.54) is 0 Å². The third-order valence-corrected chi connectivity index (χ3v) is 4.10. The Kier molecular flexibility index (Phi) is 4.31. The lowest BCUT2D eigenvalue weighted by molar-refractivity contribution is 0.322. The van der Waals surface area contributed by atoms with E-state index in [1.54, 1.807) is 21.3 Å². The molecule has 0 radical (unpaired) electrons. The van der Waals surface area contributed by atoms with Crippen molar-refractivity contribution >= 4 is 38.5 Å². The zero-order valence-corrected chi connectivity index (χ0v) is 11.8. The van der Waals surface area contributed by atoms with Gasteiger partial charge < -0.3 is 14.2 Å². The number of hydrogen-bond donors (Lipinski definition) is 0. The fraction of sp³-hybridized carbons (Fsp3) is 0.333. The molecule has 0 saturated heterocycles. The number of ether oxygens (including phenoxy) is 3. The number of halogens is 2. The zero-order valence-electron chi connectivity index (χ0n) is 8.06. The number of rotatable bonds is 3. The van der Waals surface area contributed by atoms with Crippen LogP contribution in [0.15, 0.2) is 10.5 Å². The summed E-state index contributed by atoms with van der Waals surface area (Å²) in [5.41, 5.74) is 0. The molecule has 1 aromatic rings. The molecular weight excluding hydrogens is 363 g/mol. The molecule has 5 heteroatoms. The average molecular weight is 373 g/mol. The Labute approximate surface area is 105 Å². The van der Waals surface area contributed by atoms with Crippen molar-refractivity contribution in [3.05, 3.63) is 14.1 Å². The van der Waals surface area contributed by atoms with Gasteiger partial charge in [-0.2, -0.15) is 0 Å². The van der Waals surface area contributed by atoms with E-state index < -0.39 is 0 Å². The molecule has 14 heavy (non-hydrogen) atoms. The lowest BCUT2D eigenvalue weighted by Gasteiger charge is -2.14. The molecule has 0 aliphatic rings. The zero-order chi connectivity index (χ0) is 10.7. The first-order valence-corrected chi connectivity index (χ1v) is 5.66. The Hall–Kier alpha value is -0.170. The normalized spacial score (nSPS) is 9.79. The van der Waals surface area contributed by atoms with Crippen molar-refractivity contribution in [2.24, 2.45) is 0 Å². The van der Waals surface area contributed by atoms with Crippen LogP contribution in [0.25, 0.3) is 0 Å². The fourth-order valence-electron chi connectivity index (χ4n) is 1.09. The van der Waals surface area contributed by atoms with Gasteiger partial charge in [0.25, 0.3) is 0 Å². The first-order chi connectivity index (χ1) is 6.65. The second kappa shape index (κ2) is 5.06. The molecular formula is C9H10BrIO3. The molecule has 1 aromatic carbocycles. The van der Waals surface area contributed by atoms with Crippen LogP contribution in [-0.2, 0) is 0 Å². The van der Waals surface area contributed by atoms with Crippen LogP contribution in [0.3, 0.4) is 0 Å². The van der Waals surface area contributed by atoms with E-state index in [0.717, 1.165) is 8.04 Å². The first-order valence-electron chi connectivity index (χ1n) is 3.79. The Morgan fingerprint density at radius 3 is 2.07 bits per heavy atom. The van der Waals surface area contributed by atoms with Crippen molar-refractivity contribution in [3.63, 3.8) is 0 Å². The van der Waals surface area contributed by atoms with Gasteiger partial charge in [0.05, 0.1) is 25.8 Å². The number of hydrogen-bond acceptors (Lipinski definition) is 3. The molecule has 0 saturated carbocycles. The summed E-state index contributed by atoms with van der Waals surface area (Å²) >= 11 is 5.62. The summed E-state index contributed by atoms with van der Waals surface area (Å²) in [5.74, 6) is 1.91. The van der Waals surface area contributed by atoms with Gasteiger partial charge in [0, 0.05) is 3.57 Å². The Morgan fingerprint density at radius 1 is 1.07 bits per heavy atom. The fourth-order valence-corrected chi connectivity index (χ4v) is 2.08. The molecule has 0 spiro atoms. The lowest BCUT2D eigenvalue weighted by Crippen LogP contribution is -1.96. The highest BCUT2D eigenvalue weighted by molar-refractivity contribution is 14.1. The van der Waals surface area contributed by atoms with Gasteiger partial charge in [-0.15, -0.1) is 0 Å². The Balaban J connectivity index is 3.42. The smallest absolute Gasteiger partial charge is 0.204 e. The van der Waals surface area contributed by atoms with Gasteiger partial charge in [0.1, 0.15) is 0 Å². The number of benzene rings is 1. The topological polar surface area (TPSA) is 27.7 Å². The van der Waals surface area contributed by atoms with Gasteiger partial charge in [-0.25, -0.2) is 0 Å². The largest absolute Gasteiger partial charge is 0.493 e. The van der Waals surface area contributed by atoms with E-state index in [-0.39, 0.29) is 0 Å². The molecule has 0 aliphatic carbocycles. The van der Waals surface area contributed by atoms with Crippen LogP contribution in [0, 0.1) is 3.57 Å². The first kappa shape index (κ1) is 11.9. The molecule has 0 fully saturated rings. The maximum absolute atomic E-state index is 5.23. The van der Waals surface area contributed by atoms with E-state index in [1.807, 2.05) is 6.07 Å². The Morgan fingerprint density at radius 2 is 1.64 bits per heavy atom. The summed E-state index contributed by atoms with van der Waals surface area (Å²) in [6, 6.07) is 1.88. The summed E-state index contributed by atoms with van der Waals surface area (Å²) in [5, 5.41) is 0. The molecule has 3 nitrogen and oxygen atoms in total. The van der Waals surface area contributed by atoms with Gasteiger partial charge in [-0.3, -0.25) is 0 Å². The van der Waals surface area contributed by atoms with Gasteiger partial charge in [0.15, 0.2) is 11.5 Å². The predicted molar refractivity (Wildman–Crippen MR) is 66.5 cm³/mol. The van der Waals surface area contributed by atoms with Crippen molar-refractivity contribution in [2.45, 2.75) is 0 Å². The summed E-state index contributed by atoms with van der Waals surface area (Å²) in [6.45, 7) is 0.